The van der Waals surface area contributed by atoms with E-state index in [9.17, 15) is 9.18 Å². The molecular weight excluding hydrogens is 294 g/mol. The number of rotatable bonds is 3. The highest BCUT2D eigenvalue weighted by atomic mass is 35.5. The minimum atomic E-state index is -1.18. The average Bonchev–Trinajstić information content (AvgIpc) is 2.34. The van der Waals surface area contributed by atoms with Crippen LogP contribution in [-0.4, -0.2) is 11.1 Å². The number of carboxylic acids is 1. The molecule has 0 spiro atoms. The lowest BCUT2D eigenvalue weighted by molar-refractivity contribution is 0.0694. The predicted molar refractivity (Wildman–Crippen MR) is 69.9 cm³/mol. The van der Waals surface area contributed by atoms with E-state index in [1.807, 2.05) is 0 Å². The van der Waals surface area contributed by atoms with Crippen LogP contribution in [0.1, 0.15) is 10.4 Å². The van der Waals surface area contributed by atoms with E-state index in [0.29, 0.717) is 0 Å². The van der Waals surface area contributed by atoms with Crippen molar-refractivity contribution in [1.29, 1.82) is 0 Å². The van der Waals surface area contributed by atoms with Crippen LogP contribution in [0.4, 0.5) is 4.39 Å². The second-order valence-corrected chi connectivity index (χ2v) is 4.47. The van der Waals surface area contributed by atoms with Crippen molar-refractivity contribution in [2.24, 2.45) is 0 Å². The van der Waals surface area contributed by atoms with Crippen molar-refractivity contribution >= 4 is 29.2 Å². The van der Waals surface area contributed by atoms with E-state index in [2.05, 4.69) is 0 Å². The lowest BCUT2D eigenvalue weighted by Gasteiger charge is -2.10. The Kier molecular flexibility index (Phi) is 3.93. The van der Waals surface area contributed by atoms with E-state index in [-0.39, 0.29) is 27.1 Å². The molecule has 19 heavy (non-hydrogen) atoms. The minimum absolute atomic E-state index is 0.0475. The molecule has 3 nitrogen and oxygen atoms in total. The van der Waals surface area contributed by atoms with Gasteiger partial charge in [0.15, 0.2) is 0 Å². The topological polar surface area (TPSA) is 46.5 Å². The molecule has 0 aliphatic heterocycles. The highest BCUT2D eigenvalue weighted by Gasteiger charge is 2.14. The number of carboxylic acid groups (broad SMARTS) is 1. The molecule has 0 aliphatic rings. The molecule has 0 amide bonds. The zero-order valence-electron chi connectivity index (χ0n) is 9.36. The maximum atomic E-state index is 12.9. The highest BCUT2D eigenvalue weighted by Crippen LogP contribution is 2.32. The molecule has 0 heterocycles. The first-order valence-corrected chi connectivity index (χ1v) is 5.88. The smallest absolute Gasteiger partial charge is 0.339 e. The summed E-state index contributed by atoms with van der Waals surface area (Å²) >= 11 is 11.5. The quantitative estimate of drug-likeness (QED) is 0.899. The Morgan fingerprint density at radius 1 is 1.11 bits per heavy atom. The third-order valence-corrected chi connectivity index (χ3v) is 2.82. The van der Waals surface area contributed by atoms with Gasteiger partial charge in [-0.15, -0.1) is 0 Å². The van der Waals surface area contributed by atoms with Crippen molar-refractivity contribution in [1.82, 2.24) is 0 Å². The number of carbonyl (C=O) groups is 1. The first-order valence-electron chi connectivity index (χ1n) is 5.13. The minimum Gasteiger partial charge on any atom is -0.478 e. The van der Waals surface area contributed by atoms with Gasteiger partial charge in [0.1, 0.15) is 22.9 Å². The standard InChI is InChI=1S/C13H7Cl2FO3/c14-7-1-3-11(9(5-7)13(17)18)19-12-4-2-8(16)6-10(12)15/h1-6H,(H,17,18). The lowest BCUT2D eigenvalue weighted by Crippen LogP contribution is -2.00. The average molecular weight is 301 g/mol. The Balaban J connectivity index is 2.40. The van der Waals surface area contributed by atoms with Gasteiger partial charge in [0, 0.05) is 5.02 Å². The van der Waals surface area contributed by atoms with Crippen LogP contribution >= 0.6 is 23.2 Å². The number of ether oxygens (including phenoxy) is 1. The number of aromatic carboxylic acids is 1. The Hall–Kier alpha value is -1.78. The molecule has 0 saturated heterocycles. The number of hydrogen-bond donors (Lipinski definition) is 1. The molecule has 1 N–H and O–H groups in total. The van der Waals surface area contributed by atoms with E-state index in [1.165, 1.54) is 24.3 Å². The van der Waals surface area contributed by atoms with Gasteiger partial charge in [-0.2, -0.15) is 0 Å². The molecule has 0 bridgehead atoms. The van der Waals surface area contributed by atoms with Gasteiger partial charge < -0.3 is 9.84 Å². The first-order chi connectivity index (χ1) is 8.97. The van der Waals surface area contributed by atoms with Crippen LogP contribution in [0.25, 0.3) is 0 Å². The summed E-state index contributed by atoms with van der Waals surface area (Å²) < 4.78 is 18.3. The third-order valence-electron chi connectivity index (χ3n) is 2.29. The highest BCUT2D eigenvalue weighted by molar-refractivity contribution is 6.32. The van der Waals surface area contributed by atoms with Gasteiger partial charge in [-0.1, -0.05) is 23.2 Å². The normalized spacial score (nSPS) is 10.3. The van der Waals surface area contributed by atoms with Gasteiger partial charge in [0.05, 0.1) is 5.02 Å². The summed E-state index contributed by atoms with van der Waals surface area (Å²) in [6.45, 7) is 0. The van der Waals surface area contributed by atoms with Crippen molar-refractivity contribution < 1.29 is 19.0 Å². The lowest BCUT2D eigenvalue weighted by atomic mass is 10.2. The molecule has 0 aromatic heterocycles. The Morgan fingerprint density at radius 3 is 2.42 bits per heavy atom. The van der Waals surface area contributed by atoms with Crippen molar-refractivity contribution in [2.75, 3.05) is 0 Å². The van der Waals surface area contributed by atoms with E-state index in [1.54, 1.807) is 0 Å². The van der Waals surface area contributed by atoms with Crippen LogP contribution in [0.5, 0.6) is 11.5 Å². The SMILES string of the molecule is O=C(O)c1cc(Cl)ccc1Oc1ccc(F)cc1Cl. The van der Waals surface area contributed by atoms with Gasteiger partial charge >= 0.3 is 5.97 Å². The van der Waals surface area contributed by atoms with E-state index < -0.39 is 11.8 Å². The van der Waals surface area contributed by atoms with Gasteiger partial charge in [0.2, 0.25) is 0 Å². The Bertz CT molecular complexity index is 644. The number of benzene rings is 2. The van der Waals surface area contributed by atoms with Crippen LogP contribution in [0.3, 0.4) is 0 Å². The fourth-order valence-electron chi connectivity index (χ4n) is 1.43. The fraction of sp³-hybridized carbons (Fsp3) is 0. The molecule has 2 aromatic carbocycles. The van der Waals surface area contributed by atoms with Gasteiger partial charge in [-0.25, -0.2) is 9.18 Å². The van der Waals surface area contributed by atoms with Crippen LogP contribution in [0, 0.1) is 5.82 Å². The summed E-state index contributed by atoms with van der Waals surface area (Å²) in [4.78, 5) is 11.1. The molecule has 0 fully saturated rings. The van der Waals surface area contributed by atoms with Gasteiger partial charge in [0.25, 0.3) is 0 Å². The third kappa shape index (κ3) is 3.16. The Morgan fingerprint density at radius 2 is 1.79 bits per heavy atom. The van der Waals surface area contributed by atoms with E-state index in [0.717, 1.165) is 12.1 Å². The van der Waals surface area contributed by atoms with Crippen molar-refractivity contribution in [3.05, 3.63) is 57.8 Å². The summed E-state index contributed by atoms with van der Waals surface area (Å²) in [6.07, 6.45) is 0. The summed E-state index contributed by atoms with van der Waals surface area (Å²) in [5.74, 6) is -1.46. The zero-order chi connectivity index (χ0) is 14.0. The van der Waals surface area contributed by atoms with Crippen molar-refractivity contribution in [2.45, 2.75) is 0 Å². The van der Waals surface area contributed by atoms with Crippen LogP contribution in [0.2, 0.25) is 10.0 Å². The summed E-state index contributed by atoms with van der Waals surface area (Å²) in [6, 6.07) is 7.71. The molecule has 0 saturated carbocycles. The molecule has 2 rings (SSSR count). The first kappa shape index (κ1) is 13.6. The maximum absolute atomic E-state index is 12.9. The molecule has 0 atom stereocenters. The summed E-state index contributed by atoms with van der Waals surface area (Å²) in [5, 5.41) is 9.37. The Labute approximate surface area is 118 Å². The van der Waals surface area contributed by atoms with E-state index in [4.69, 9.17) is 33.0 Å². The largest absolute Gasteiger partial charge is 0.478 e. The summed E-state index contributed by atoms with van der Waals surface area (Å²) in [7, 11) is 0. The molecule has 0 unspecified atom stereocenters. The van der Waals surface area contributed by atoms with Crippen molar-refractivity contribution in [3.8, 4) is 11.5 Å². The molecule has 6 heteroatoms. The molecule has 0 radical (unpaired) electrons. The number of hydrogen-bond acceptors (Lipinski definition) is 2. The molecular formula is C13H7Cl2FO3. The van der Waals surface area contributed by atoms with Gasteiger partial charge in [-0.05, 0) is 36.4 Å². The molecule has 2 aromatic rings. The van der Waals surface area contributed by atoms with Gasteiger partial charge in [-0.3, -0.25) is 0 Å². The van der Waals surface area contributed by atoms with E-state index >= 15 is 0 Å². The predicted octanol–water partition coefficient (Wildman–Crippen LogP) is 4.62. The second kappa shape index (κ2) is 5.47. The molecule has 0 aliphatic carbocycles. The van der Waals surface area contributed by atoms with Crippen LogP contribution in [-0.2, 0) is 0 Å². The van der Waals surface area contributed by atoms with Crippen molar-refractivity contribution in [3.63, 3.8) is 0 Å². The maximum Gasteiger partial charge on any atom is 0.339 e. The molecule has 98 valence electrons. The fourth-order valence-corrected chi connectivity index (χ4v) is 1.81. The second-order valence-electron chi connectivity index (χ2n) is 3.62. The summed E-state index contributed by atoms with van der Waals surface area (Å²) in [5.41, 5.74) is -0.104. The van der Waals surface area contributed by atoms with Crippen LogP contribution < -0.4 is 4.74 Å². The monoisotopic (exact) mass is 300 g/mol. The zero-order valence-corrected chi connectivity index (χ0v) is 10.9. The van der Waals surface area contributed by atoms with Crippen LogP contribution in [0.15, 0.2) is 36.4 Å². The number of halogens is 3.